The van der Waals surface area contributed by atoms with E-state index in [-0.39, 0.29) is 0 Å². The number of rotatable bonds is 4. The molecular weight excluding hydrogens is 314 g/mol. The van der Waals surface area contributed by atoms with Gasteiger partial charge < -0.3 is 10.1 Å². The Balaban J connectivity index is 1.71. The van der Waals surface area contributed by atoms with Crippen LogP contribution in [-0.4, -0.2) is 33.0 Å². The average molecular weight is 335 g/mol. The zero-order valence-electron chi connectivity index (χ0n) is 14.3. The first kappa shape index (κ1) is 15.8. The quantitative estimate of drug-likeness (QED) is 0.794. The van der Waals surface area contributed by atoms with E-state index in [1.165, 1.54) is 11.1 Å². The molecule has 1 aromatic carbocycles. The minimum atomic E-state index is 0.701. The number of aromatic nitrogens is 4. The van der Waals surface area contributed by atoms with Crippen LogP contribution in [0.15, 0.2) is 42.6 Å². The highest BCUT2D eigenvalue weighted by atomic mass is 16.5. The van der Waals surface area contributed by atoms with E-state index >= 15 is 0 Å². The number of aryl methyl sites for hydroxylation is 1. The van der Waals surface area contributed by atoms with Gasteiger partial charge in [0, 0.05) is 38.2 Å². The fourth-order valence-corrected chi connectivity index (χ4v) is 3.08. The highest BCUT2D eigenvalue weighted by molar-refractivity contribution is 5.57. The van der Waals surface area contributed by atoms with Crippen LogP contribution in [0.25, 0.3) is 11.5 Å². The number of nitrogens with zero attached hydrogens (tertiary/aromatic N) is 4. The van der Waals surface area contributed by atoms with Crippen molar-refractivity contribution in [1.29, 1.82) is 0 Å². The first-order chi connectivity index (χ1) is 12.3. The molecule has 1 aliphatic heterocycles. The molecule has 0 saturated heterocycles. The summed E-state index contributed by atoms with van der Waals surface area (Å²) in [4.78, 5) is 9.61. The second kappa shape index (κ2) is 7.03. The van der Waals surface area contributed by atoms with Gasteiger partial charge in [-0.25, -0.2) is 9.97 Å². The molecule has 0 aliphatic carbocycles. The molecule has 6 nitrogen and oxygen atoms in total. The summed E-state index contributed by atoms with van der Waals surface area (Å²) >= 11 is 0. The average Bonchev–Trinajstić information content (AvgIpc) is 2.93. The van der Waals surface area contributed by atoms with E-state index in [1.54, 1.807) is 10.9 Å². The van der Waals surface area contributed by atoms with E-state index in [0.29, 0.717) is 19.0 Å². The summed E-state index contributed by atoms with van der Waals surface area (Å²) in [5.41, 5.74) is 4.37. The molecule has 2 aromatic heterocycles. The Kier molecular flexibility index (Phi) is 4.43. The number of ether oxygens (including phenoxy) is 1. The van der Waals surface area contributed by atoms with Crippen LogP contribution >= 0.6 is 0 Å². The van der Waals surface area contributed by atoms with Crippen molar-refractivity contribution in [3.05, 3.63) is 59.4 Å². The number of fused-ring (bicyclic) bond motifs is 1. The van der Waals surface area contributed by atoms with E-state index in [0.717, 1.165) is 36.6 Å². The fraction of sp³-hybridized carbons (Fsp3) is 0.316. The van der Waals surface area contributed by atoms with E-state index in [9.17, 15) is 0 Å². The van der Waals surface area contributed by atoms with Crippen LogP contribution in [0.3, 0.4) is 0 Å². The monoisotopic (exact) mass is 335 g/mol. The number of nitrogens with one attached hydrogen (secondary N) is 1. The number of hydrogen-bond donors (Lipinski definition) is 1. The number of benzene rings is 1. The summed E-state index contributed by atoms with van der Waals surface area (Å²) in [6, 6.07) is 12.3. The smallest absolute Gasteiger partial charge is 0.180 e. The fourth-order valence-electron chi connectivity index (χ4n) is 3.08. The van der Waals surface area contributed by atoms with Gasteiger partial charge in [-0.15, -0.1) is 0 Å². The minimum absolute atomic E-state index is 0.701. The molecule has 1 N–H and O–H groups in total. The van der Waals surface area contributed by atoms with Crippen LogP contribution in [0, 0.1) is 0 Å². The van der Waals surface area contributed by atoms with Gasteiger partial charge in [0.15, 0.2) is 5.82 Å². The van der Waals surface area contributed by atoms with Gasteiger partial charge in [-0.3, -0.25) is 4.68 Å². The number of anilines is 1. The Morgan fingerprint density at radius 2 is 1.92 bits per heavy atom. The molecule has 0 saturated carbocycles. The van der Waals surface area contributed by atoms with Gasteiger partial charge in [0.05, 0.1) is 18.9 Å². The Labute approximate surface area is 146 Å². The molecule has 0 atom stereocenters. The molecule has 128 valence electrons. The predicted octanol–water partition coefficient (Wildman–Crippen LogP) is 2.60. The van der Waals surface area contributed by atoms with Crippen LogP contribution < -0.4 is 5.32 Å². The maximum Gasteiger partial charge on any atom is 0.180 e. The topological polar surface area (TPSA) is 64.9 Å². The van der Waals surface area contributed by atoms with E-state index < -0.39 is 0 Å². The lowest BCUT2D eigenvalue weighted by molar-refractivity contribution is 0.146. The van der Waals surface area contributed by atoms with Gasteiger partial charge in [0.25, 0.3) is 0 Å². The molecule has 4 rings (SSSR count). The lowest BCUT2D eigenvalue weighted by Gasteiger charge is -2.15. The summed E-state index contributed by atoms with van der Waals surface area (Å²) in [5, 5.41) is 7.74. The van der Waals surface area contributed by atoms with Crippen molar-refractivity contribution in [3.8, 4) is 11.5 Å². The highest BCUT2D eigenvalue weighted by Gasteiger charge is 2.18. The summed E-state index contributed by atoms with van der Waals surface area (Å²) in [7, 11) is 1.91. The van der Waals surface area contributed by atoms with Crippen molar-refractivity contribution in [2.24, 2.45) is 7.05 Å². The third kappa shape index (κ3) is 3.39. The predicted molar refractivity (Wildman–Crippen MR) is 96.2 cm³/mol. The zero-order valence-corrected chi connectivity index (χ0v) is 14.3. The highest BCUT2D eigenvalue weighted by Crippen LogP contribution is 2.25. The lowest BCUT2D eigenvalue weighted by atomic mass is 10.1. The molecule has 6 heteroatoms. The third-order valence-corrected chi connectivity index (χ3v) is 4.43. The van der Waals surface area contributed by atoms with Crippen molar-refractivity contribution >= 4 is 5.82 Å². The molecule has 1 aliphatic rings. The Hall–Kier alpha value is -2.73. The summed E-state index contributed by atoms with van der Waals surface area (Å²) in [6.45, 7) is 2.14. The molecule has 0 unspecified atom stereocenters. The SMILES string of the molecule is Cn1nccc1-c1nc2c(c(NCc3ccccc3)n1)CCOCC2. The van der Waals surface area contributed by atoms with Gasteiger partial charge in [-0.05, 0) is 11.6 Å². The molecular formula is C19H21N5O. The Bertz CT molecular complexity index is 860. The lowest BCUT2D eigenvalue weighted by Crippen LogP contribution is -2.11. The molecule has 3 heterocycles. The summed E-state index contributed by atoms with van der Waals surface area (Å²) < 4.78 is 7.44. The van der Waals surface area contributed by atoms with Gasteiger partial charge in [0.1, 0.15) is 11.5 Å². The summed E-state index contributed by atoms with van der Waals surface area (Å²) in [5.74, 6) is 1.60. The van der Waals surface area contributed by atoms with Crippen LogP contribution in [-0.2, 0) is 31.2 Å². The first-order valence-corrected chi connectivity index (χ1v) is 8.55. The first-order valence-electron chi connectivity index (χ1n) is 8.55. The van der Waals surface area contributed by atoms with Gasteiger partial charge in [0.2, 0.25) is 0 Å². The van der Waals surface area contributed by atoms with Crippen LogP contribution in [0.1, 0.15) is 16.8 Å². The van der Waals surface area contributed by atoms with E-state index in [1.807, 2.05) is 31.3 Å². The van der Waals surface area contributed by atoms with Crippen molar-refractivity contribution in [1.82, 2.24) is 19.7 Å². The van der Waals surface area contributed by atoms with Gasteiger partial charge >= 0.3 is 0 Å². The second-order valence-corrected chi connectivity index (χ2v) is 6.11. The zero-order chi connectivity index (χ0) is 17.1. The normalized spacial score (nSPS) is 14.0. The van der Waals surface area contributed by atoms with Crippen molar-refractivity contribution in [3.63, 3.8) is 0 Å². The maximum atomic E-state index is 5.64. The largest absolute Gasteiger partial charge is 0.381 e. The van der Waals surface area contributed by atoms with Crippen LogP contribution in [0.5, 0.6) is 0 Å². The molecule has 0 spiro atoms. The van der Waals surface area contributed by atoms with Crippen molar-refractivity contribution < 1.29 is 4.74 Å². The third-order valence-electron chi connectivity index (χ3n) is 4.43. The standard InChI is InChI=1S/C19H21N5O/c1-24-17(7-10-21-24)19-22-16-9-12-25-11-8-15(16)18(23-19)20-13-14-5-3-2-4-6-14/h2-7,10H,8-9,11-13H2,1H3,(H,20,22,23). The second-order valence-electron chi connectivity index (χ2n) is 6.11. The molecule has 0 radical (unpaired) electrons. The molecule has 0 amide bonds. The van der Waals surface area contributed by atoms with E-state index in [4.69, 9.17) is 14.7 Å². The van der Waals surface area contributed by atoms with Crippen molar-refractivity contribution in [2.45, 2.75) is 19.4 Å². The minimum Gasteiger partial charge on any atom is -0.381 e. The molecule has 25 heavy (non-hydrogen) atoms. The number of hydrogen-bond acceptors (Lipinski definition) is 5. The van der Waals surface area contributed by atoms with Gasteiger partial charge in [-0.1, -0.05) is 30.3 Å². The van der Waals surface area contributed by atoms with E-state index in [2.05, 4.69) is 22.5 Å². The summed E-state index contributed by atoms with van der Waals surface area (Å²) in [6.07, 6.45) is 3.41. The molecule has 3 aromatic rings. The molecule has 0 fully saturated rings. The van der Waals surface area contributed by atoms with Crippen LogP contribution in [0.4, 0.5) is 5.82 Å². The van der Waals surface area contributed by atoms with Gasteiger partial charge in [-0.2, -0.15) is 5.10 Å². The maximum absolute atomic E-state index is 5.64. The van der Waals surface area contributed by atoms with Crippen molar-refractivity contribution in [2.75, 3.05) is 18.5 Å². The Morgan fingerprint density at radius 3 is 2.72 bits per heavy atom. The Morgan fingerprint density at radius 1 is 1.08 bits per heavy atom. The van der Waals surface area contributed by atoms with Crippen LogP contribution in [0.2, 0.25) is 0 Å². The molecule has 0 bridgehead atoms.